The molecule has 1 aliphatic heterocycles. The van der Waals surface area contributed by atoms with Crippen molar-refractivity contribution in [1.29, 1.82) is 0 Å². The maximum atomic E-state index is 12.1. The van der Waals surface area contributed by atoms with E-state index in [1.54, 1.807) is 4.90 Å². The highest BCUT2D eigenvalue weighted by Crippen LogP contribution is 2.32. The van der Waals surface area contributed by atoms with Crippen molar-refractivity contribution in [1.82, 2.24) is 24.3 Å². The van der Waals surface area contributed by atoms with Crippen LogP contribution in [0.2, 0.25) is 0 Å². The highest BCUT2D eigenvalue weighted by atomic mass is 16.6. The van der Waals surface area contributed by atoms with Crippen LogP contribution in [0.4, 0.5) is 10.6 Å². The highest BCUT2D eigenvalue weighted by molar-refractivity contribution is 6.06. The van der Waals surface area contributed by atoms with Gasteiger partial charge in [0.05, 0.1) is 30.9 Å². The molecule has 41 heavy (non-hydrogen) atoms. The number of benzene rings is 1. The monoisotopic (exact) mass is 570 g/mol. The van der Waals surface area contributed by atoms with E-state index < -0.39 is 5.41 Å². The molecule has 11 nitrogen and oxygen atoms in total. The van der Waals surface area contributed by atoms with Crippen molar-refractivity contribution in [2.45, 2.75) is 58.9 Å². The Balaban J connectivity index is 1.45. The van der Waals surface area contributed by atoms with Gasteiger partial charge in [-0.05, 0) is 37.4 Å². The second kappa shape index (κ2) is 14.3. The van der Waals surface area contributed by atoms with Crippen molar-refractivity contribution >= 4 is 33.8 Å². The molecule has 2 aromatic heterocycles. The summed E-state index contributed by atoms with van der Waals surface area (Å²) in [6.07, 6.45) is 4.84. The molecule has 0 unspecified atom stereocenters. The molecule has 0 spiro atoms. The summed E-state index contributed by atoms with van der Waals surface area (Å²) in [4.78, 5) is 25.8. The van der Waals surface area contributed by atoms with Gasteiger partial charge in [-0.1, -0.05) is 32.4 Å². The summed E-state index contributed by atoms with van der Waals surface area (Å²) in [5, 5.41) is 29.8. The number of ether oxygens (including phenoxy) is 1. The van der Waals surface area contributed by atoms with E-state index in [0.717, 1.165) is 74.0 Å². The maximum Gasteiger partial charge on any atom is 0.409 e. The fourth-order valence-electron chi connectivity index (χ4n) is 5.36. The number of hydrogen-bond acceptors (Lipinski definition) is 9. The minimum atomic E-state index is -0.690. The molecular formula is C30H46N6O5. The third kappa shape index (κ3) is 7.45. The van der Waals surface area contributed by atoms with Crippen molar-refractivity contribution in [2.75, 3.05) is 64.9 Å². The molecule has 0 saturated carbocycles. The molecule has 3 heterocycles. The zero-order valence-corrected chi connectivity index (χ0v) is 24.5. The second-order valence-corrected chi connectivity index (χ2v) is 11.5. The highest BCUT2D eigenvalue weighted by Gasteiger charge is 2.27. The summed E-state index contributed by atoms with van der Waals surface area (Å²) in [6, 6.07) is 6.34. The van der Waals surface area contributed by atoms with Crippen molar-refractivity contribution in [2.24, 2.45) is 5.41 Å². The fourth-order valence-corrected chi connectivity index (χ4v) is 5.36. The number of unbranched alkanes of at least 4 members (excludes halogenated alkanes) is 1. The Hall–Kier alpha value is -2.99. The van der Waals surface area contributed by atoms with Gasteiger partial charge in [-0.15, -0.1) is 0 Å². The summed E-state index contributed by atoms with van der Waals surface area (Å²) in [5.74, 6) is 1.29. The van der Waals surface area contributed by atoms with Crippen LogP contribution < -0.4 is 5.73 Å². The molecule has 0 radical (unpaired) electrons. The Morgan fingerprint density at radius 2 is 1.80 bits per heavy atom. The number of aliphatic hydroxyl groups excluding tert-OH is 3. The van der Waals surface area contributed by atoms with Gasteiger partial charge in [-0.2, -0.15) is 0 Å². The van der Waals surface area contributed by atoms with Gasteiger partial charge in [0.25, 0.3) is 0 Å². The molecule has 1 amide bonds. The van der Waals surface area contributed by atoms with E-state index in [1.807, 2.05) is 6.92 Å². The van der Waals surface area contributed by atoms with E-state index in [0.29, 0.717) is 37.4 Å². The van der Waals surface area contributed by atoms with Crippen LogP contribution in [0.15, 0.2) is 18.2 Å². The van der Waals surface area contributed by atoms with Crippen LogP contribution in [0.5, 0.6) is 0 Å². The number of fused-ring (bicyclic) bond motifs is 3. The summed E-state index contributed by atoms with van der Waals surface area (Å²) in [5.41, 5.74) is 9.33. The van der Waals surface area contributed by atoms with Crippen molar-refractivity contribution in [3.63, 3.8) is 0 Å². The molecule has 1 aliphatic rings. The molecule has 1 aromatic carbocycles. The summed E-state index contributed by atoms with van der Waals surface area (Å²) >= 11 is 0. The molecule has 4 rings (SSSR count). The predicted octanol–water partition coefficient (Wildman–Crippen LogP) is 2.57. The average Bonchev–Trinajstić information content (AvgIpc) is 3.34. The van der Waals surface area contributed by atoms with Gasteiger partial charge in [0.2, 0.25) is 0 Å². The van der Waals surface area contributed by atoms with Crippen LogP contribution in [0.3, 0.4) is 0 Å². The zero-order valence-electron chi connectivity index (χ0n) is 24.5. The number of aryl methyl sites for hydroxylation is 2. The number of nitrogens with zero attached hydrogens (tertiary/aromatic N) is 5. The summed E-state index contributed by atoms with van der Waals surface area (Å²) in [7, 11) is 0. The van der Waals surface area contributed by atoms with E-state index in [4.69, 9.17) is 25.5 Å². The van der Waals surface area contributed by atoms with Gasteiger partial charge < -0.3 is 35.3 Å². The van der Waals surface area contributed by atoms with Gasteiger partial charge in [-0.25, -0.2) is 14.8 Å². The van der Waals surface area contributed by atoms with Gasteiger partial charge in [0, 0.05) is 63.0 Å². The first-order valence-electron chi connectivity index (χ1n) is 14.9. The largest absolute Gasteiger partial charge is 0.449 e. The van der Waals surface area contributed by atoms with E-state index in [1.165, 1.54) is 5.56 Å². The van der Waals surface area contributed by atoms with E-state index in [-0.39, 0.29) is 32.5 Å². The number of imidazole rings is 1. The molecular weight excluding hydrogens is 524 g/mol. The molecule has 1 saturated heterocycles. The fraction of sp³-hybridized carbons (Fsp3) is 0.633. The number of piperazine rings is 1. The molecule has 3 aromatic rings. The third-order valence-corrected chi connectivity index (χ3v) is 8.00. The molecule has 0 bridgehead atoms. The number of carbonyl (C=O) groups excluding carboxylic acids is 1. The van der Waals surface area contributed by atoms with Gasteiger partial charge >= 0.3 is 6.09 Å². The van der Waals surface area contributed by atoms with Crippen LogP contribution in [-0.2, 0) is 24.1 Å². The van der Waals surface area contributed by atoms with Crippen LogP contribution in [0.1, 0.15) is 50.9 Å². The Labute approximate surface area is 241 Å². The van der Waals surface area contributed by atoms with Crippen molar-refractivity contribution < 1.29 is 24.9 Å². The Bertz CT molecular complexity index is 1300. The average molecular weight is 571 g/mol. The Morgan fingerprint density at radius 3 is 2.49 bits per heavy atom. The van der Waals surface area contributed by atoms with Crippen LogP contribution >= 0.6 is 0 Å². The van der Waals surface area contributed by atoms with Crippen LogP contribution in [0.25, 0.3) is 21.9 Å². The second-order valence-electron chi connectivity index (χ2n) is 11.5. The maximum absolute atomic E-state index is 12.1. The minimum absolute atomic E-state index is 0.0193. The number of pyridine rings is 1. The molecule has 5 N–H and O–H groups in total. The molecule has 0 aliphatic carbocycles. The van der Waals surface area contributed by atoms with Gasteiger partial charge in [-0.3, -0.25) is 4.90 Å². The quantitative estimate of drug-likeness (QED) is 0.214. The topological polar surface area (TPSA) is 150 Å². The number of amides is 1. The van der Waals surface area contributed by atoms with Crippen molar-refractivity contribution in [3.8, 4) is 0 Å². The molecule has 1 fully saturated rings. The minimum Gasteiger partial charge on any atom is -0.449 e. The lowest BCUT2D eigenvalue weighted by Crippen LogP contribution is -2.49. The lowest BCUT2D eigenvalue weighted by Gasteiger charge is -2.34. The molecule has 11 heteroatoms. The number of hydrogen-bond donors (Lipinski definition) is 4. The first kappa shape index (κ1) is 31.0. The first-order valence-corrected chi connectivity index (χ1v) is 14.9. The standard InChI is InChI=1S/C30H46N6O5/c1-3-4-8-25-33-26-27(36(25)19-30(2,20-38)21-39)23-10-9-22(18-24(23)32-28(26)31)7-5-11-34-12-14-35(15-13-34)29(40)41-17-6-16-37/h9-10,18,37-39H,3-8,11-17,19-21H2,1-2H3,(H2,31,32). The molecule has 0 atom stereocenters. The Kier molecular flexibility index (Phi) is 10.8. The number of aliphatic hydroxyl groups is 3. The predicted molar refractivity (Wildman–Crippen MR) is 160 cm³/mol. The van der Waals surface area contributed by atoms with Crippen molar-refractivity contribution in [3.05, 3.63) is 29.6 Å². The van der Waals surface area contributed by atoms with Crippen LogP contribution in [0, 0.1) is 5.41 Å². The normalized spacial score (nSPS) is 14.8. The van der Waals surface area contributed by atoms with E-state index in [9.17, 15) is 15.0 Å². The number of anilines is 1. The number of rotatable bonds is 14. The SMILES string of the molecule is CCCCc1nc2c(N)nc3cc(CCCN4CCN(C(=O)OCCCO)CC4)ccc3c2n1CC(C)(CO)CO. The van der Waals surface area contributed by atoms with E-state index >= 15 is 0 Å². The number of nitrogen functional groups attached to an aromatic ring is 1. The van der Waals surface area contributed by atoms with Gasteiger partial charge in [0.1, 0.15) is 11.3 Å². The van der Waals surface area contributed by atoms with E-state index in [2.05, 4.69) is 34.6 Å². The smallest absolute Gasteiger partial charge is 0.409 e. The lowest BCUT2D eigenvalue weighted by molar-refractivity contribution is 0.0557. The van der Waals surface area contributed by atoms with Gasteiger partial charge in [0.15, 0.2) is 5.82 Å². The first-order chi connectivity index (χ1) is 19.8. The Morgan fingerprint density at radius 1 is 1.05 bits per heavy atom. The number of nitrogens with two attached hydrogens (primary N) is 1. The number of carbonyl (C=O) groups is 1. The number of aromatic nitrogens is 3. The third-order valence-electron chi connectivity index (χ3n) is 8.00. The summed E-state index contributed by atoms with van der Waals surface area (Å²) < 4.78 is 7.32. The lowest BCUT2D eigenvalue weighted by atomic mass is 9.92. The molecule has 226 valence electrons. The summed E-state index contributed by atoms with van der Waals surface area (Å²) in [6.45, 7) is 8.30. The zero-order chi connectivity index (χ0) is 29.4. The van der Waals surface area contributed by atoms with Crippen LogP contribution in [-0.4, -0.2) is 105 Å².